The topological polar surface area (TPSA) is 88.6 Å². The fourth-order valence-corrected chi connectivity index (χ4v) is 19.4. The van der Waals surface area contributed by atoms with Gasteiger partial charge in [-0.25, -0.2) is 0 Å². The van der Waals surface area contributed by atoms with Crippen molar-refractivity contribution >= 4 is 183 Å². The maximum absolute atomic E-state index is 6.52. The molecule has 21 aromatic carbocycles. The van der Waals surface area contributed by atoms with Gasteiger partial charge < -0.3 is 41.2 Å². The molecule has 0 saturated carbocycles. The van der Waals surface area contributed by atoms with Crippen molar-refractivity contribution in [1.82, 2.24) is 0 Å². The molecule has 0 amide bonds. The van der Waals surface area contributed by atoms with Crippen LogP contribution in [0, 0.1) is 0 Å². The number of furan rings is 6. The van der Waals surface area contributed by atoms with E-state index in [1.54, 1.807) is 0 Å². The van der Waals surface area contributed by atoms with E-state index < -0.39 is 0 Å². The predicted molar refractivity (Wildman–Crippen MR) is 560 cm³/mol. The maximum Gasteiger partial charge on any atom is 0.159 e. The van der Waals surface area contributed by atoms with Crippen LogP contribution in [-0.2, 0) is 0 Å². The van der Waals surface area contributed by atoms with Crippen LogP contribution in [-0.4, -0.2) is 0 Å². The molecular weight excluding hydrogens is 1650 g/mol. The molecule has 27 aromatic rings. The van der Waals surface area contributed by atoms with Crippen LogP contribution in [0.1, 0.15) is 0 Å². The number of fused-ring (bicyclic) bond motifs is 18. The number of benzene rings is 21. The van der Waals surface area contributed by atoms with Gasteiger partial charge in [-0.3, -0.25) is 0 Å². The average Bonchev–Trinajstić information content (AvgIpc) is 1.61. The molecule has 636 valence electrons. The first-order chi connectivity index (χ1) is 66.9. The van der Waals surface area contributed by atoms with Crippen LogP contribution < -0.4 is 14.7 Å². The summed E-state index contributed by atoms with van der Waals surface area (Å²) in [6.07, 6.45) is 0. The molecule has 0 N–H and O–H groups in total. The fraction of sp³-hybridized carbons (Fsp3) is 0. The van der Waals surface area contributed by atoms with E-state index in [4.69, 9.17) is 26.5 Å². The molecule has 6 heterocycles. The molecule has 0 bridgehead atoms. The zero-order chi connectivity index (χ0) is 89.2. The molecule has 27 rings (SSSR count). The Morgan fingerprint density at radius 2 is 0.348 bits per heavy atom. The van der Waals surface area contributed by atoms with E-state index >= 15 is 0 Å². The number of nitrogens with zero attached hydrogens (tertiary/aromatic N) is 3. The Morgan fingerprint density at radius 3 is 0.748 bits per heavy atom. The van der Waals surface area contributed by atoms with E-state index in [1.807, 2.05) is 97.1 Å². The highest BCUT2D eigenvalue weighted by Crippen LogP contribution is 2.49. The fourth-order valence-electron chi connectivity index (χ4n) is 19.4. The number of anilines is 9. The lowest BCUT2D eigenvalue weighted by atomic mass is 10.00. The van der Waals surface area contributed by atoms with Crippen molar-refractivity contribution in [2.75, 3.05) is 14.7 Å². The molecule has 0 radical (unpaired) electrons. The largest absolute Gasteiger partial charge is 0.456 e. The molecule has 9 nitrogen and oxygen atoms in total. The summed E-state index contributed by atoms with van der Waals surface area (Å²) < 4.78 is 37.9. The van der Waals surface area contributed by atoms with Gasteiger partial charge >= 0.3 is 0 Å². The molecule has 0 unspecified atom stereocenters. The summed E-state index contributed by atoms with van der Waals surface area (Å²) in [5.41, 5.74) is 34.0. The minimum Gasteiger partial charge on any atom is -0.456 e. The van der Waals surface area contributed by atoms with Gasteiger partial charge in [0, 0.05) is 112 Å². The van der Waals surface area contributed by atoms with Crippen molar-refractivity contribution in [1.29, 1.82) is 0 Å². The van der Waals surface area contributed by atoms with Crippen molar-refractivity contribution in [3.05, 3.63) is 491 Å². The van der Waals surface area contributed by atoms with E-state index in [0.717, 1.165) is 194 Å². The molecular formula is C126H81N3O6. The normalized spacial score (nSPS) is 11.6. The van der Waals surface area contributed by atoms with Gasteiger partial charge in [-0.2, -0.15) is 0 Å². The molecule has 135 heavy (non-hydrogen) atoms. The number of rotatable bonds is 15. The minimum absolute atomic E-state index is 0.851. The summed E-state index contributed by atoms with van der Waals surface area (Å²) in [5.74, 6) is 0. The Morgan fingerprint density at radius 1 is 0.119 bits per heavy atom. The van der Waals surface area contributed by atoms with E-state index in [1.165, 1.54) is 55.6 Å². The van der Waals surface area contributed by atoms with E-state index in [-0.39, 0.29) is 0 Å². The second kappa shape index (κ2) is 33.7. The quantitative estimate of drug-likeness (QED) is 0.0996. The van der Waals surface area contributed by atoms with Crippen LogP contribution in [0.5, 0.6) is 0 Å². The Balaban J connectivity index is 0.000000108. The minimum atomic E-state index is 0.851. The lowest BCUT2D eigenvalue weighted by molar-refractivity contribution is 0.667. The SMILES string of the molecule is c1ccc(-c2ccc(-c3ccc(N(c4ccc5c(c4)oc4ccccc45)c4ccc5oc6ccccc6c5c4)cc3)cc2)cc1.c1ccc(-c2ccc(-c3ccc(N(c4ccc5c(c4)oc4ccccc45)c4cccc5c4oc4ccccc45)cc3)cc2)cc1.c1ccc(-c2ccc(-c3ccc(N(c4ccc5c(c4)oc4ccccc45)c4cccc5oc6ccccc6c45)cc3)cc2)cc1. The highest BCUT2D eigenvalue weighted by molar-refractivity contribution is 6.16. The summed E-state index contributed by atoms with van der Waals surface area (Å²) in [5, 5.41) is 13.3. The second-order valence-corrected chi connectivity index (χ2v) is 34.1. The van der Waals surface area contributed by atoms with Crippen molar-refractivity contribution in [2.24, 2.45) is 0 Å². The summed E-state index contributed by atoms with van der Waals surface area (Å²) in [4.78, 5) is 6.86. The molecule has 6 aromatic heterocycles. The number of hydrogen-bond donors (Lipinski definition) is 0. The van der Waals surface area contributed by atoms with E-state index in [9.17, 15) is 0 Å². The van der Waals surface area contributed by atoms with E-state index in [2.05, 4.69) is 409 Å². The van der Waals surface area contributed by atoms with Crippen LogP contribution in [0.15, 0.2) is 518 Å². The predicted octanol–water partition coefficient (Wildman–Crippen LogP) is 36.9. The standard InChI is InChI=1S/3C42H27NO2/c1-2-9-28(10-3-1)29-17-19-30(20-18-29)31-21-23-32(24-22-31)43(33-25-26-36-34-11-4-6-15-39(34)44-41(36)27-33)38-14-8-13-37-35-12-5-7-16-40(35)45-42(37)38;1-2-9-28(10-3-1)29-17-19-30(20-18-29)31-21-23-32(24-22-31)43(33-25-26-35-34-11-4-6-14-38(34)45-41(35)27-33)37-13-8-16-40-42(37)36-12-5-7-15-39(36)44-40;1-2-8-28(9-3-1)29-14-16-30(17-15-29)31-18-20-32(21-19-31)43(33-23-25-41-38(26-33)36-11-5-7-13-40(36)44-41)34-22-24-37-35-10-4-6-12-39(35)45-42(37)27-34/h3*1-27H. The van der Waals surface area contributed by atoms with Gasteiger partial charge in [0.15, 0.2) is 5.58 Å². The summed E-state index contributed by atoms with van der Waals surface area (Å²) >= 11 is 0. The number of para-hydroxylation sites is 7. The van der Waals surface area contributed by atoms with Gasteiger partial charge in [-0.15, -0.1) is 0 Å². The summed E-state index contributed by atoms with van der Waals surface area (Å²) in [6, 6.07) is 172. The molecule has 0 aliphatic carbocycles. The Labute approximate surface area is 776 Å². The first-order valence-electron chi connectivity index (χ1n) is 45.5. The van der Waals surface area contributed by atoms with Crippen LogP contribution >= 0.6 is 0 Å². The second-order valence-electron chi connectivity index (χ2n) is 34.1. The van der Waals surface area contributed by atoms with Gasteiger partial charge in [-0.1, -0.05) is 328 Å². The lowest BCUT2D eigenvalue weighted by Crippen LogP contribution is -2.10. The van der Waals surface area contributed by atoms with Gasteiger partial charge in [0.2, 0.25) is 0 Å². The average molecular weight is 1730 g/mol. The van der Waals surface area contributed by atoms with Crippen LogP contribution in [0.2, 0.25) is 0 Å². The van der Waals surface area contributed by atoms with Gasteiger partial charge in [0.25, 0.3) is 0 Å². The van der Waals surface area contributed by atoms with Crippen molar-refractivity contribution in [3.63, 3.8) is 0 Å². The molecule has 0 saturated heterocycles. The number of hydrogen-bond acceptors (Lipinski definition) is 9. The van der Waals surface area contributed by atoms with Crippen molar-refractivity contribution < 1.29 is 26.5 Å². The molecule has 0 spiro atoms. The van der Waals surface area contributed by atoms with Gasteiger partial charge in [0.1, 0.15) is 61.4 Å². The Kier molecular flexibility index (Phi) is 19.7. The van der Waals surface area contributed by atoms with Crippen LogP contribution in [0.4, 0.5) is 51.2 Å². The zero-order valence-corrected chi connectivity index (χ0v) is 73.1. The van der Waals surface area contributed by atoms with Gasteiger partial charge in [0.05, 0.1) is 22.4 Å². The monoisotopic (exact) mass is 1730 g/mol. The third-order valence-electron chi connectivity index (χ3n) is 26.1. The first-order valence-corrected chi connectivity index (χ1v) is 45.5. The maximum atomic E-state index is 6.52. The van der Waals surface area contributed by atoms with E-state index in [0.29, 0.717) is 0 Å². The Bertz CT molecular complexity index is 9070. The van der Waals surface area contributed by atoms with Gasteiger partial charge in [-0.05, 0) is 212 Å². The van der Waals surface area contributed by atoms with Crippen LogP contribution in [0.25, 0.3) is 198 Å². The summed E-state index contributed by atoms with van der Waals surface area (Å²) in [7, 11) is 0. The smallest absolute Gasteiger partial charge is 0.159 e. The molecule has 9 heteroatoms. The first kappa shape index (κ1) is 79.0. The molecule has 0 fully saturated rings. The zero-order valence-electron chi connectivity index (χ0n) is 73.1. The van der Waals surface area contributed by atoms with Crippen molar-refractivity contribution in [3.8, 4) is 66.8 Å². The Hall–Kier alpha value is -18.2. The lowest BCUT2D eigenvalue weighted by Gasteiger charge is -2.26. The highest BCUT2D eigenvalue weighted by atomic mass is 16.3. The molecule has 0 atom stereocenters. The summed E-state index contributed by atoms with van der Waals surface area (Å²) in [6.45, 7) is 0. The highest BCUT2D eigenvalue weighted by Gasteiger charge is 2.26. The third-order valence-corrected chi connectivity index (χ3v) is 26.1. The third kappa shape index (κ3) is 14.7. The molecule has 0 aliphatic rings. The van der Waals surface area contributed by atoms with Crippen molar-refractivity contribution in [2.45, 2.75) is 0 Å². The molecule has 0 aliphatic heterocycles. The van der Waals surface area contributed by atoms with Crippen LogP contribution in [0.3, 0.4) is 0 Å².